The van der Waals surface area contributed by atoms with E-state index in [9.17, 15) is 0 Å². The topological polar surface area (TPSA) is 0 Å². The van der Waals surface area contributed by atoms with Crippen LogP contribution in [0.2, 0.25) is 0 Å². The maximum atomic E-state index is 3.30. The summed E-state index contributed by atoms with van der Waals surface area (Å²) in [5.74, 6) is 0. The number of hydrogen-bond donors (Lipinski definition) is 0. The lowest BCUT2D eigenvalue weighted by Crippen LogP contribution is -1.86. The van der Waals surface area contributed by atoms with Gasteiger partial charge in [-0.05, 0) is 73.2 Å². The fourth-order valence-electron chi connectivity index (χ4n) is 2.12. The molecule has 0 unspecified atom stereocenters. The summed E-state index contributed by atoms with van der Waals surface area (Å²) in [5.41, 5.74) is 7.32. The third-order valence-corrected chi connectivity index (χ3v) is 2.61. The second-order valence-corrected chi connectivity index (χ2v) is 4.47. The van der Waals surface area contributed by atoms with Gasteiger partial charge in [0.1, 0.15) is 0 Å². The highest BCUT2D eigenvalue weighted by Crippen LogP contribution is 2.23. The summed E-state index contributed by atoms with van der Waals surface area (Å²) in [7, 11) is 0. The Morgan fingerprint density at radius 1 is 0.562 bits per heavy atom. The molecule has 2 rings (SSSR count). The normalized spacial score (nSPS) is 10.5. The minimum atomic E-state index is 1.19. The molecule has 2 aromatic carbocycles. The molecule has 16 heavy (non-hydrogen) atoms. The molecule has 80 valence electrons. The van der Waals surface area contributed by atoms with Crippen molar-refractivity contribution in [3.8, 4) is 11.1 Å². The summed E-state index contributed by atoms with van der Waals surface area (Å²) < 4.78 is 0. The summed E-state index contributed by atoms with van der Waals surface area (Å²) >= 11 is 0. The highest BCUT2D eigenvalue weighted by atomic mass is 14.1. The molecule has 0 saturated heterocycles. The van der Waals surface area contributed by atoms with Crippen LogP contribution in [-0.2, 0) is 0 Å². The molecule has 0 nitrogen and oxygen atoms in total. The first kappa shape index (κ1) is 10.9. The van der Waals surface area contributed by atoms with E-state index < -0.39 is 0 Å². The largest absolute Gasteiger partial charge is 0.0508 e. The van der Waals surface area contributed by atoms with Crippen LogP contribution < -0.4 is 0 Å². The van der Waals surface area contributed by atoms with E-state index in [0.717, 1.165) is 0 Å². The van der Waals surface area contributed by atoms with Crippen LogP contribution in [0.25, 0.3) is 11.1 Å². The first-order valence-electron chi connectivity index (χ1n) is 5.56. The lowest BCUT2D eigenvalue weighted by atomic mass is 9.98. The summed E-state index contributed by atoms with van der Waals surface area (Å²) in [5, 5.41) is 0. The average Bonchev–Trinajstić information content (AvgIpc) is 2.14. The first-order chi connectivity index (χ1) is 7.54. The molecule has 0 N–H and O–H groups in total. The van der Waals surface area contributed by atoms with Crippen molar-refractivity contribution in [1.82, 2.24) is 0 Å². The Bertz CT molecular complexity index is 432. The zero-order valence-electron chi connectivity index (χ0n) is 10.3. The number of hydrogen-bond acceptors (Lipinski definition) is 0. The van der Waals surface area contributed by atoms with Gasteiger partial charge in [0.15, 0.2) is 0 Å². The fourth-order valence-corrected chi connectivity index (χ4v) is 2.12. The Kier molecular flexibility index (Phi) is 2.82. The predicted octanol–water partition coefficient (Wildman–Crippen LogP) is 4.19. The van der Waals surface area contributed by atoms with E-state index in [1.165, 1.54) is 33.4 Å². The minimum Gasteiger partial charge on any atom is -0.0508 e. The Balaban J connectivity index is 2.57. The second-order valence-electron chi connectivity index (χ2n) is 4.47. The van der Waals surface area contributed by atoms with E-state index >= 15 is 0 Å². The fraction of sp³-hybridized carbons (Fsp3) is 0.250. The Morgan fingerprint density at radius 2 is 0.812 bits per heavy atom. The zero-order chi connectivity index (χ0) is 11.7. The van der Waals surface area contributed by atoms with Gasteiger partial charge in [-0.15, -0.1) is 0 Å². The quantitative estimate of drug-likeness (QED) is 0.659. The van der Waals surface area contributed by atoms with Crippen LogP contribution in [0.1, 0.15) is 22.3 Å². The van der Waals surface area contributed by atoms with Gasteiger partial charge in [0.2, 0.25) is 0 Å². The smallest absolute Gasteiger partial charge is 0.0120 e. The van der Waals surface area contributed by atoms with Crippen LogP contribution in [0.5, 0.6) is 0 Å². The minimum absolute atomic E-state index is 1.19. The maximum absolute atomic E-state index is 3.30. The number of rotatable bonds is 1. The molecule has 0 aromatic heterocycles. The number of aryl methyl sites for hydroxylation is 4. The van der Waals surface area contributed by atoms with Gasteiger partial charge in [0.25, 0.3) is 0 Å². The van der Waals surface area contributed by atoms with Crippen molar-refractivity contribution in [2.75, 3.05) is 0 Å². The van der Waals surface area contributed by atoms with E-state index in [-0.39, 0.29) is 0 Å². The lowest BCUT2D eigenvalue weighted by molar-refractivity contribution is 1.34. The van der Waals surface area contributed by atoms with E-state index in [1.54, 1.807) is 0 Å². The van der Waals surface area contributed by atoms with Crippen LogP contribution in [0.4, 0.5) is 0 Å². The molecule has 0 spiro atoms. The van der Waals surface area contributed by atoms with Gasteiger partial charge >= 0.3 is 0 Å². The van der Waals surface area contributed by atoms with Crippen LogP contribution >= 0.6 is 0 Å². The molecule has 2 aromatic rings. The van der Waals surface area contributed by atoms with E-state index in [4.69, 9.17) is 0 Å². The predicted molar refractivity (Wildman–Crippen MR) is 68.5 cm³/mol. The average molecular weight is 208 g/mol. The molecule has 0 heterocycles. The standard InChI is InChI=1S/C16H16/c1-11-5-12(2)8-15(7-11)16-9-13(3)6-14(4)10-16/h7-10H,1-4H3. The van der Waals surface area contributed by atoms with Crippen molar-refractivity contribution >= 4 is 0 Å². The zero-order valence-corrected chi connectivity index (χ0v) is 10.3. The molecule has 0 fully saturated rings. The second kappa shape index (κ2) is 4.13. The van der Waals surface area contributed by atoms with Gasteiger partial charge in [0, 0.05) is 0 Å². The van der Waals surface area contributed by atoms with Crippen molar-refractivity contribution in [1.29, 1.82) is 0 Å². The lowest BCUT2D eigenvalue weighted by Gasteiger charge is -2.07. The molecular formula is C16H16. The van der Waals surface area contributed by atoms with Gasteiger partial charge in [-0.1, -0.05) is 24.3 Å². The molecular weight excluding hydrogens is 192 g/mol. The van der Waals surface area contributed by atoms with Gasteiger partial charge in [-0.25, -0.2) is 0 Å². The molecule has 0 amide bonds. The van der Waals surface area contributed by atoms with Gasteiger partial charge in [-0.2, -0.15) is 0 Å². The van der Waals surface area contributed by atoms with Crippen LogP contribution in [0.3, 0.4) is 0 Å². The summed E-state index contributed by atoms with van der Waals surface area (Å²) in [6.07, 6.45) is 0. The number of benzene rings is 2. The van der Waals surface area contributed by atoms with Crippen LogP contribution in [-0.4, -0.2) is 0 Å². The molecule has 0 aliphatic carbocycles. The third kappa shape index (κ3) is 2.33. The van der Waals surface area contributed by atoms with Crippen molar-refractivity contribution < 1.29 is 0 Å². The molecule has 0 aliphatic rings. The van der Waals surface area contributed by atoms with E-state index in [0.29, 0.717) is 0 Å². The molecule has 0 bridgehead atoms. The van der Waals surface area contributed by atoms with E-state index in [1.807, 2.05) is 0 Å². The van der Waals surface area contributed by atoms with Gasteiger partial charge in [-0.3, -0.25) is 0 Å². The van der Waals surface area contributed by atoms with Gasteiger partial charge in [0.05, 0.1) is 0 Å². The van der Waals surface area contributed by atoms with Gasteiger partial charge < -0.3 is 0 Å². The summed E-state index contributed by atoms with van der Waals surface area (Å²) in [4.78, 5) is 0. The molecule has 0 aliphatic heterocycles. The van der Waals surface area contributed by atoms with Crippen molar-refractivity contribution in [3.05, 3.63) is 58.7 Å². The first-order valence-corrected chi connectivity index (χ1v) is 5.56. The Hall–Kier alpha value is -1.56. The molecule has 0 atom stereocenters. The summed E-state index contributed by atoms with van der Waals surface area (Å²) in [6.45, 7) is 8.35. The van der Waals surface area contributed by atoms with Crippen molar-refractivity contribution in [3.63, 3.8) is 0 Å². The summed E-state index contributed by atoms with van der Waals surface area (Å²) in [6, 6.07) is 15.3. The molecule has 0 heteroatoms. The van der Waals surface area contributed by atoms with Crippen molar-refractivity contribution in [2.24, 2.45) is 0 Å². The van der Waals surface area contributed by atoms with Crippen LogP contribution in [0, 0.1) is 39.8 Å². The monoisotopic (exact) mass is 208 g/mol. The Morgan fingerprint density at radius 3 is 1.06 bits per heavy atom. The van der Waals surface area contributed by atoms with E-state index in [2.05, 4.69) is 64.1 Å². The Labute approximate surface area is 97.9 Å². The molecule has 2 radical (unpaired) electrons. The third-order valence-electron chi connectivity index (χ3n) is 2.61. The van der Waals surface area contributed by atoms with Crippen LogP contribution in [0.15, 0.2) is 24.3 Å². The highest BCUT2D eigenvalue weighted by Gasteiger charge is 2.01. The molecule has 0 saturated carbocycles. The SMILES string of the molecule is Cc1[c]c(C)cc(-c2cc(C)[c]c(C)c2)c1. The highest BCUT2D eigenvalue weighted by molar-refractivity contribution is 5.66. The maximum Gasteiger partial charge on any atom is -0.0120 e. The van der Waals surface area contributed by atoms with Crippen molar-refractivity contribution in [2.45, 2.75) is 27.7 Å².